The van der Waals surface area contributed by atoms with E-state index in [9.17, 15) is 0 Å². The molecule has 0 unspecified atom stereocenters. The molecule has 1 heterocycles. The lowest BCUT2D eigenvalue weighted by Crippen LogP contribution is -1.91. The summed E-state index contributed by atoms with van der Waals surface area (Å²) in [5.41, 5.74) is 10.3. The van der Waals surface area contributed by atoms with E-state index in [4.69, 9.17) is 5.73 Å². The van der Waals surface area contributed by atoms with Crippen LogP contribution in [0.3, 0.4) is 0 Å². The molecule has 2 rings (SSSR count). The van der Waals surface area contributed by atoms with E-state index < -0.39 is 0 Å². The molecule has 1 aromatic carbocycles. The largest absolute Gasteiger partial charge is 0.326 e. The van der Waals surface area contributed by atoms with Crippen LogP contribution in [0.5, 0.6) is 0 Å². The third-order valence-electron chi connectivity index (χ3n) is 2.28. The van der Waals surface area contributed by atoms with Crippen LogP contribution in [0.25, 0.3) is 11.3 Å². The van der Waals surface area contributed by atoms with Crippen LogP contribution < -0.4 is 5.73 Å². The second-order valence-electron chi connectivity index (χ2n) is 3.76. The van der Waals surface area contributed by atoms with Crippen LogP contribution in [-0.2, 0) is 6.54 Å². The Hall–Kier alpha value is -1.19. The van der Waals surface area contributed by atoms with Gasteiger partial charge in [0, 0.05) is 17.0 Å². The summed E-state index contributed by atoms with van der Waals surface area (Å²) < 4.78 is 4.40. The molecule has 2 aromatic rings. The smallest absolute Gasteiger partial charge is 0.0844 e. The van der Waals surface area contributed by atoms with Gasteiger partial charge in [-0.3, -0.25) is 0 Å². The minimum Gasteiger partial charge on any atom is -0.326 e. The Bertz CT molecular complexity index is 454. The Labute approximate surface area is 93.9 Å². The van der Waals surface area contributed by atoms with Gasteiger partial charge in [-0.25, -0.2) is 0 Å². The second-order valence-corrected chi connectivity index (χ2v) is 4.65. The van der Waals surface area contributed by atoms with Crippen molar-refractivity contribution < 1.29 is 0 Å². The van der Waals surface area contributed by atoms with Gasteiger partial charge in [0.2, 0.25) is 0 Å². The minimum absolute atomic E-state index is 0.572. The summed E-state index contributed by atoms with van der Waals surface area (Å²) in [5.74, 6) is 0. The van der Waals surface area contributed by atoms with E-state index >= 15 is 0 Å². The van der Waals surface area contributed by atoms with Gasteiger partial charge in [0.1, 0.15) is 0 Å². The normalized spacial score (nSPS) is 10.6. The van der Waals surface area contributed by atoms with Crippen molar-refractivity contribution in [3.8, 4) is 11.3 Å². The second kappa shape index (κ2) is 4.13. The lowest BCUT2D eigenvalue weighted by molar-refractivity contribution is 1.11. The van der Waals surface area contributed by atoms with Gasteiger partial charge in [-0.1, -0.05) is 17.2 Å². The van der Waals surface area contributed by atoms with E-state index in [1.54, 1.807) is 0 Å². The Morgan fingerprint density at radius 2 is 1.80 bits per heavy atom. The SMILES string of the molecule is Cc1cc(C)cc(-c2cc(CN)sn2)c1. The molecule has 0 atom stereocenters. The summed E-state index contributed by atoms with van der Waals surface area (Å²) in [6.45, 7) is 4.78. The molecule has 78 valence electrons. The molecule has 3 heteroatoms. The van der Waals surface area contributed by atoms with Gasteiger partial charge in [-0.15, -0.1) is 0 Å². The topological polar surface area (TPSA) is 38.9 Å². The average molecular weight is 218 g/mol. The average Bonchev–Trinajstić information content (AvgIpc) is 2.64. The van der Waals surface area contributed by atoms with Crippen LogP contribution in [0.1, 0.15) is 16.0 Å². The number of hydrogen-bond acceptors (Lipinski definition) is 3. The lowest BCUT2D eigenvalue weighted by Gasteiger charge is -2.01. The summed E-state index contributed by atoms with van der Waals surface area (Å²) >= 11 is 1.48. The molecule has 0 bridgehead atoms. The molecule has 0 aliphatic rings. The molecule has 0 amide bonds. The van der Waals surface area contributed by atoms with Crippen molar-refractivity contribution in [1.82, 2.24) is 4.37 Å². The molecular weight excluding hydrogens is 204 g/mol. The maximum Gasteiger partial charge on any atom is 0.0844 e. The van der Waals surface area contributed by atoms with E-state index in [-0.39, 0.29) is 0 Å². The molecule has 0 fully saturated rings. The number of benzene rings is 1. The summed E-state index contributed by atoms with van der Waals surface area (Å²) in [6, 6.07) is 8.54. The minimum atomic E-state index is 0.572. The zero-order valence-electron chi connectivity index (χ0n) is 8.95. The standard InChI is InChI=1S/C12H14N2S/c1-8-3-9(2)5-10(4-8)12-6-11(7-13)15-14-12/h3-6H,7,13H2,1-2H3. The molecule has 0 spiro atoms. The first-order chi connectivity index (χ1) is 7.19. The van der Waals surface area contributed by atoms with E-state index in [0.717, 1.165) is 10.6 Å². The first kappa shape index (κ1) is 10.3. The van der Waals surface area contributed by atoms with Crippen molar-refractivity contribution >= 4 is 11.5 Å². The van der Waals surface area contributed by atoms with Crippen molar-refractivity contribution in [2.24, 2.45) is 5.73 Å². The fourth-order valence-electron chi connectivity index (χ4n) is 1.67. The van der Waals surface area contributed by atoms with Gasteiger partial charge in [-0.2, -0.15) is 4.37 Å². The molecular formula is C12H14N2S. The zero-order chi connectivity index (χ0) is 10.8. The van der Waals surface area contributed by atoms with Gasteiger partial charge < -0.3 is 5.73 Å². The molecule has 2 nitrogen and oxygen atoms in total. The molecule has 2 N–H and O–H groups in total. The van der Waals surface area contributed by atoms with Crippen LogP contribution in [0.4, 0.5) is 0 Å². The van der Waals surface area contributed by atoms with Gasteiger partial charge >= 0.3 is 0 Å². The Morgan fingerprint density at radius 3 is 2.33 bits per heavy atom. The number of hydrogen-bond donors (Lipinski definition) is 1. The summed E-state index contributed by atoms with van der Waals surface area (Å²) in [4.78, 5) is 1.13. The van der Waals surface area contributed by atoms with Crippen molar-refractivity contribution in [2.45, 2.75) is 20.4 Å². The van der Waals surface area contributed by atoms with E-state index in [2.05, 4.69) is 42.5 Å². The Kier molecular flexibility index (Phi) is 2.84. The molecule has 0 saturated carbocycles. The Morgan fingerprint density at radius 1 is 1.13 bits per heavy atom. The first-order valence-corrected chi connectivity index (χ1v) is 5.70. The molecule has 0 aliphatic heterocycles. The van der Waals surface area contributed by atoms with Crippen molar-refractivity contribution in [2.75, 3.05) is 0 Å². The van der Waals surface area contributed by atoms with Crippen LogP contribution >= 0.6 is 11.5 Å². The van der Waals surface area contributed by atoms with Crippen molar-refractivity contribution in [3.63, 3.8) is 0 Å². The quantitative estimate of drug-likeness (QED) is 0.841. The molecule has 15 heavy (non-hydrogen) atoms. The highest BCUT2D eigenvalue weighted by molar-refractivity contribution is 7.06. The Balaban J connectivity index is 2.44. The number of rotatable bonds is 2. The van der Waals surface area contributed by atoms with Gasteiger partial charge in [0.15, 0.2) is 0 Å². The molecule has 0 saturated heterocycles. The maximum atomic E-state index is 5.57. The van der Waals surface area contributed by atoms with Crippen LogP contribution in [0, 0.1) is 13.8 Å². The van der Waals surface area contributed by atoms with E-state index in [0.29, 0.717) is 6.54 Å². The highest BCUT2D eigenvalue weighted by atomic mass is 32.1. The van der Waals surface area contributed by atoms with Crippen molar-refractivity contribution in [3.05, 3.63) is 40.3 Å². The van der Waals surface area contributed by atoms with Gasteiger partial charge in [0.05, 0.1) is 5.69 Å². The lowest BCUT2D eigenvalue weighted by atomic mass is 10.1. The monoisotopic (exact) mass is 218 g/mol. The van der Waals surface area contributed by atoms with Crippen LogP contribution in [-0.4, -0.2) is 4.37 Å². The highest BCUT2D eigenvalue weighted by Gasteiger charge is 2.04. The molecule has 1 aromatic heterocycles. The first-order valence-electron chi connectivity index (χ1n) is 4.93. The van der Waals surface area contributed by atoms with E-state index in [1.807, 2.05) is 0 Å². The predicted octanol–water partition coefficient (Wildman–Crippen LogP) is 2.89. The van der Waals surface area contributed by atoms with Gasteiger partial charge in [0.25, 0.3) is 0 Å². The number of aryl methyl sites for hydroxylation is 2. The molecule has 0 aliphatic carbocycles. The third-order valence-corrected chi connectivity index (χ3v) is 3.08. The third kappa shape index (κ3) is 2.25. The van der Waals surface area contributed by atoms with Gasteiger partial charge in [-0.05, 0) is 43.6 Å². The number of aromatic nitrogens is 1. The highest BCUT2D eigenvalue weighted by Crippen LogP contribution is 2.23. The zero-order valence-corrected chi connectivity index (χ0v) is 9.77. The summed E-state index contributed by atoms with van der Waals surface area (Å²) in [7, 11) is 0. The summed E-state index contributed by atoms with van der Waals surface area (Å²) in [5, 5.41) is 0. The number of nitrogens with zero attached hydrogens (tertiary/aromatic N) is 1. The van der Waals surface area contributed by atoms with Crippen LogP contribution in [0.15, 0.2) is 24.3 Å². The van der Waals surface area contributed by atoms with Crippen molar-refractivity contribution in [1.29, 1.82) is 0 Å². The fraction of sp³-hybridized carbons (Fsp3) is 0.250. The van der Waals surface area contributed by atoms with E-state index in [1.165, 1.54) is 28.2 Å². The number of nitrogens with two attached hydrogens (primary N) is 1. The predicted molar refractivity (Wildman–Crippen MR) is 64.9 cm³/mol. The summed E-state index contributed by atoms with van der Waals surface area (Å²) in [6.07, 6.45) is 0. The molecule has 0 radical (unpaired) electrons. The fourth-order valence-corrected chi connectivity index (χ4v) is 2.28. The maximum absolute atomic E-state index is 5.57. The van der Waals surface area contributed by atoms with Crippen LogP contribution in [0.2, 0.25) is 0 Å².